The molecule has 0 aliphatic heterocycles. The maximum Gasteiger partial charge on any atom is 0.259 e. The van der Waals surface area contributed by atoms with Gasteiger partial charge in [-0.3, -0.25) is 9.59 Å². The van der Waals surface area contributed by atoms with Gasteiger partial charge in [0.25, 0.3) is 11.8 Å². The van der Waals surface area contributed by atoms with Crippen molar-refractivity contribution in [1.29, 1.82) is 0 Å². The van der Waals surface area contributed by atoms with Crippen LogP contribution in [0.15, 0.2) is 47.6 Å². The summed E-state index contributed by atoms with van der Waals surface area (Å²) < 4.78 is 12.8. The van der Waals surface area contributed by atoms with Crippen molar-refractivity contribution in [3.63, 3.8) is 0 Å². The molecule has 0 aliphatic rings. The minimum atomic E-state index is -0.537. The van der Waals surface area contributed by atoms with E-state index in [-0.39, 0.29) is 12.1 Å². The average Bonchev–Trinajstić information content (AvgIpc) is 2.56. The first kappa shape index (κ1) is 17.9. The molecule has 0 aromatic heterocycles. The third kappa shape index (κ3) is 5.04. The Balaban J connectivity index is 1.84. The van der Waals surface area contributed by atoms with Gasteiger partial charge in [-0.25, -0.2) is 9.82 Å². The van der Waals surface area contributed by atoms with Crippen molar-refractivity contribution in [1.82, 2.24) is 10.7 Å². The van der Waals surface area contributed by atoms with Crippen molar-refractivity contribution in [3.05, 3.63) is 69.5 Å². The number of amides is 2. The van der Waals surface area contributed by atoms with Gasteiger partial charge in [-0.15, -0.1) is 0 Å². The molecule has 124 valence electrons. The largest absolute Gasteiger partial charge is 0.343 e. The Hall–Kier alpha value is -2.44. The van der Waals surface area contributed by atoms with Crippen LogP contribution in [0.2, 0.25) is 10.0 Å². The number of hydrazone groups is 1. The predicted octanol–water partition coefficient (Wildman–Crippen LogP) is 3.01. The van der Waals surface area contributed by atoms with Gasteiger partial charge in [0, 0.05) is 11.1 Å². The van der Waals surface area contributed by atoms with E-state index in [1.807, 2.05) is 0 Å². The summed E-state index contributed by atoms with van der Waals surface area (Å²) in [5.41, 5.74) is 2.95. The van der Waals surface area contributed by atoms with Crippen LogP contribution in [0.5, 0.6) is 0 Å². The van der Waals surface area contributed by atoms with E-state index in [9.17, 15) is 14.0 Å². The second-order valence-corrected chi connectivity index (χ2v) is 5.43. The number of hydrogen-bond donors (Lipinski definition) is 2. The van der Waals surface area contributed by atoms with Gasteiger partial charge in [0.15, 0.2) is 0 Å². The second kappa shape index (κ2) is 8.42. The maximum atomic E-state index is 12.8. The van der Waals surface area contributed by atoms with E-state index in [0.29, 0.717) is 15.6 Å². The van der Waals surface area contributed by atoms with E-state index in [1.165, 1.54) is 18.3 Å². The van der Waals surface area contributed by atoms with Crippen LogP contribution in [0.3, 0.4) is 0 Å². The predicted molar refractivity (Wildman–Crippen MR) is 90.9 cm³/mol. The van der Waals surface area contributed by atoms with Crippen molar-refractivity contribution in [2.24, 2.45) is 5.10 Å². The van der Waals surface area contributed by atoms with Crippen molar-refractivity contribution in [2.75, 3.05) is 6.54 Å². The number of halogens is 3. The highest BCUT2D eigenvalue weighted by atomic mass is 35.5. The van der Waals surface area contributed by atoms with Gasteiger partial charge < -0.3 is 5.32 Å². The third-order valence-corrected chi connectivity index (χ3v) is 3.56. The summed E-state index contributed by atoms with van der Waals surface area (Å²) in [5, 5.41) is 6.91. The fourth-order valence-corrected chi connectivity index (χ4v) is 2.20. The normalized spacial score (nSPS) is 10.6. The molecule has 24 heavy (non-hydrogen) atoms. The van der Waals surface area contributed by atoms with Crippen LogP contribution in [0.4, 0.5) is 4.39 Å². The first-order valence-corrected chi connectivity index (χ1v) is 7.52. The minimum absolute atomic E-state index is 0.246. The lowest BCUT2D eigenvalue weighted by atomic mass is 10.2. The van der Waals surface area contributed by atoms with Crippen LogP contribution in [-0.2, 0) is 4.79 Å². The van der Waals surface area contributed by atoms with Gasteiger partial charge >= 0.3 is 0 Å². The van der Waals surface area contributed by atoms with E-state index < -0.39 is 17.6 Å². The van der Waals surface area contributed by atoms with Crippen molar-refractivity contribution >= 4 is 41.2 Å². The Morgan fingerprint density at radius 2 is 1.71 bits per heavy atom. The van der Waals surface area contributed by atoms with Crippen LogP contribution in [-0.4, -0.2) is 24.6 Å². The molecule has 0 bridgehead atoms. The third-order valence-electron chi connectivity index (χ3n) is 2.90. The minimum Gasteiger partial charge on any atom is -0.343 e. The lowest BCUT2D eigenvalue weighted by Crippen LogP contribution is -2.34. The van der Waals surface area contributed by atoms with Gasteiger partial charge in [0.05, 0.1) is 22.8 Å². The summed E-state index contributed by atoms with van der Waals surface area (Å²) in [7, 11) is 0. The van der Waals surface area contributed by atoms with Crippen molar-refractivity contribution in [3.8, 4) is 0 Å². The molecule has 2 aromatic carbocycles. The first-order valence-electron chi connectivity index (χ1n) is 6.77. The Bertz CT molecular complexity index is 759. The van der Waals surface area contributed by atoms with E-state index in [0.717, 1.165) is 12.1 Å². The molecule has 0 radical (unpaired) electrons. The van der Waals surface area contributed by atoms with E-state index in [4.69, 9.17) is 23.2 Å². The Labute approximate surface area is 147 Å². The number of nitrogens with one attached hydrogen (secondary N) is 2. The standard InChI is InChI=1S/C16H12Cl2FN3O2/c17-13-2-1-3-14(18)12(13)8-21-22-15(23)9-20-16(24)10-4-6-11(19)7-5-10/h1-8H,9H2,(H,20,24)(H,22,23)/b21-8+. The van der Waals surface area contributed by atoms with Crippen LogP contribution < -0.4 is 10.7 Å². The van der Waals surface area contributed by atoms with E-state index in [2.05, 4.69) is 15.8 Å². The van der Waals surface area contributed by atoms with Gasteiger partial charge in [0.2, 0.25) is 0 Å². The summed E-state index contributed by atoms with van der Waals surface area (Å²) in [4.78, 5) is 23.4. The number of carbonyl (C=O) groups is 2. The van der Waals surface area contributed by atoms with Crippen LogP contribution in [0.1, 0.15) is 15.9 Å². The molecule has 0 spiro atoms. The zero-order chi connectivity index (χ0) is 17.5. The zero-order valence-corrected chi connectivity index (χ0v) is 13.7. The van der Waals surface area contributed by atoms with E-state index in [1.54, 1.807) is 18.2 Å². The molecule has 0 saturated carbocycles. The van der Waals surface area contributed by atoms with Crippen LogP contribution in [0.25, 0.3) is 0 Å². The quantitative estimate of drug-likeness (QED) is 0.629. The van der Waals surface area contributed by atoms with Crippen molar-refractivity contribution in [2.45, 2.75) is 0 Å². The Kier molecular flexibility index (Phi) is 6.28. The topological polar surface area (TPSA) is 70.6 Å². The summed E-state index contributed by atoms with van der Waals surface area (Å²) in [6.45, 7) is -0.288. The molecule has 5 nitrogen and oxygen atoms in total. The molecule has 2 aromatic rings. The molecule has 0 saturated heterocycles. The number of carbonyl (C=O) groups excluding carboxylic acids is 2. The molecule has 0 fully saturated rings. The summed E-state index contributed by atoms with van der Waals surface area (Å²) in [6, 6.07) is 9.92. The number of benzene rings is 2. The highest BCUT2D eigenvalue weighted by Crippen LogP contribution is 2.21. The molecule has 0 atom stereocenters. The van der Waals surface area contributed by atoms with E-state index >= 15 is 0 Å². The number of rotatable bonds is 5. The monoisotopic (exact) mass is 367 g/mol. The molecule has 2 amide bonds. The molecule has 0 heterocycles. The van der Waals surface area contributed by atoms with Gasteiger partial charge in [-0.1, -0.05) is 29.3 Å². The smallest absolute Gasteiger partial charge is 0.259 e. The van der Waals surface area contributed by atoms with Crippen LogP contribution >= 0.6 is 23.2 Å². The van der Waals surface area contributed by atoms with Gasteiger partial charge in [-0.05, 0) is 36.4 Å². The Morgan fingerprint density at radius 3 is 2.33 bits per heavy atom. The average molecular weight is 368 g/mol. The number of hydrogen-bond acceptors (Lipinski definition) is 3. The van der Waals surface area contributed by atoms with Gasteiger partial charge in [0.1, 0.15) is 5.82 Å². The summed E-state index contributed by atoms with van der Waals surface area (Å²) in [5.74, 6) is -1.48. The zero-order valence-electron chi connectivity index (χ0n) is 12.2. The lowest BCUT2D eigenvalue weighted by molar-refractivity contribution is -0.120. The van der Waals surface area contributed by atoms with Crippen LogP contribution in [0, 0.1) is 5.82 Å². The SMILES string of the molecule is O=C(CNC(=O)c1ccc(F)cc1)N/N=C/c1c(Cl)cccc1Cl. The second-order valence-electron chi connectivity index (χ2n) is 4.62. The highest BCUT2D eigenvalue weighted by molar-refractivity contribution is 6.38. The molecular formula is C16H12Cl2FN3O2. The molecule has 8 heteroatoms. The molecule has 0 aliphatic carbocycles. The molecule has 0 unspecified atom stereocenters. The first-order chi connectivity index (χ1) is 11.5. The fraction of sp³-hybridized carbons (Fsp3) is 0.0625. The highest BCUT2D eigenvalue weighted by Gasteiger charge is 2.08. The molecule has 2 rings (SSSR count). The Morgan fingerprint density at radius 1 is 1.08 bits per heavy atom. The molecule has 2 N–H and O–H groups in total. The fourth-order valence-electron chi connectivity index (χ4n) is 1.71. The van der Waals surface area contributed by atoms with Gasteiger partial charge in [-0.2, -0.15) is 5.10 Å². The molecular weight excluding hydrogens is 356 g/mol. The number of nitrogens with zero attached hydrogens (tertiary/aromatic N) is 1. The summed E-state index contributed by atoms with van der Waals surface area (Å²) in [6.07, 6.45) is 1.31. The lowest BCUT2D eigenvalue weighted by Gasteiger charge is -2.04. The van der Waals surface area contributed by atoms with Crippen molar-refractivity contribution < 1.29 is 14.0 Å². The summed E-state index contributed by atoms with van der Waals surface area (Å²) >= 11 is 11.9. The maximum absolute atomic E-state index is 12.8.